The Kier molecular flexibility index (Phi) is 2.44. The highest BCUT2D eigenvalue weighted by Gasteiger charge is 2.11. The maximum Gasteiger partial charge on any atom is 0.149 e. The Balaban J connectivity index is 2.64. The minimum atomic E-state index is 0.00820. The molecule has 0 aliphatic carbocycles. The number of nitrogens with two attached hydrogens (primary N) is 1. The van der Waals surface area contributed by atoms with Crippen LogP contribution in [0.5, 0.6) is 0 Å². The van der Waals surface area contributed by atoms with Gasteiger partial charge >= 0.3 is 0 Å². The summed E-state index contributed by atoms with van der Waals surface area (Å²) >= 11 is 0. The zero-order valence-corrected chi connectivity index (χ0v) is 9.23. The predicted molar refractivity (Wildman–Crippen MR) is 61.8 cm³/mol. The van der Waals surface area contributed by atoms with Crippen LogP contribution in [0.2, 0.25) is 0 Å². The minimum Gasteiger partial charge on any atom is -0.384 e. The fourth-order valence-corrected chi connectivity index (χ4v) is 1.51. The molecular formula is C11H13N5. The average molecular weight is 215 g/mol. The lowest BCUT2D eigenvalue weighted by atomic mass is 10.2. The second kappa shape index (κ2) is 3.77. The van der Waals surface area contributed by atoms with Crippen molar-refractivity contribution in [3.8, 4) is 5.82 Å². The lowest BCUT2D eigenvalue weighted by molar-refractivity contribution is 0.945. The van der Waals surface area contributed by atoms with Crippen LogP contribution in [0.25, 0.3) is 5.82 Å². The van der Waals surface area contributed by atoms with Crippen LogP contribution in [0, 0.1) is 19.3 Å². The zero-order chi connectivity index (χ0) is 11.7. The van der Waals surface area contributed by atoms with E-state index < -0.39 is 0 Å². The highest BCUT2D eigenvalue weighted by molar-refractivity contribution is 5.97. The standard InChI is InChI=1S/C11H13N5/c1-7-8(2)16(6-15-7)11-9(10(12)13)4-3-5-14-11/h3-6H,1-2H3,(H3,12,13). The Morgan fingerprint density at radius 3 is 2.69 bits per heavy atom. The molecule has 2 aromatic heterocycles. The van der Waals surface area contributed by atoms with Gasteiger partial charge in [0.2, 0.25) is 0 Å². The van der Waals surface area contributed by atoms with Crippen molar-refractivity contribution < 1.29 is 0 Å². The van der Waals surface area contributed by atoms with E-state index in [1.807, 2.05) is 18.4 Å². The van der Waals surface area contributed by atoms with E-state index in [0.29, 0.717) is 11.4 Å². The van der Waals surface area contributed by atoms with Crippen molar-refractivity contribution in [2.24, 2.45) is 5.73 Å². The number of hydrogen-bond acceptors (Lipinski definition) is 3. The molecule has 3 N–H and O–H groups in total. The molecule has 0 amide bonds. The molecule has 0 radical (unpaired) electrons. The lowest BCUT2D eigenvalue weighted by Crippen LogP contribution is -2.16. The quantitative estimate of drug-likeness (QED) is 0.582. The van der Waals surface area contributed by atoms with Crippen LogP contribution in [0.4, 0.5) is 0 Å². The summed E-state index contributed by atoms with van der Waals surface area (Å²) in [6.07, 6.45) is 3.37. The second-order valence-corrected chi connectivity index (χ2v) is 3.57. The lowest BCUT2D eigenvalue weighted by Gasteiger charge is -2.09. The number of rotatable bonds is 2. The summed E-state index contributed by atoms with van der Waals surface area (Å²) in [5, 5.41) is 7.51. The van der Waals surface area contributed by atoms with E-state index in [9.17, 15) is 0 Å². The highest BCUT2D eigenvalue weighted by atomic mass is 15.1. The fraction of sp³-hybridized carbons (Fsp3) is 0.182. The van der Waals surface area contributed by atoms with E-state index in [4.69, 9.17) is 11.1 Å². The summed E-state index contributed by atoms with van der Waals surface area (Å²) in [6, 6.07) is 3.54. The number of hydrogen-bond donors (Lipinski definition) is 2. The number of nitrogens with one attached hydrogen (secondary N) is 1. The summed E-state index contributed by atoms with van der Waals surface area (Å²) in [6.45, 7) is 3.89. The van der Waals surface area contributed by atoms with E-state index in [2.05, 4.69) is 9.97 Å². The molecule has 0 saturated heterocycles. The van der Waals surface area contributed by atoms with Crippen molar-refractivity contribution in [1.29, 1.82) is 5.41 Å². The summed E-state index contributed by atoms with van der Waals surface area (Å²) < 4.78 is 1.84. The Bertz CT molecular complexity index is 541. The van der Waals surface area contributed by atoms with Crippen LogP contribution in [-0.2, 0) is 0 Å². The average Bonchev–Trinajstić information content (AvgIpc) is 2.60. The fourth-order valence-electron chi connectivity index (χ4n) is 1.51. The molecule has 0 aromatic carbocycles. The summed E-state index contributed by atoms with van der Waals surface area (Å²) in [7, 11) is 0. The molecule has 0 unspecified atom stereocenters. The molecule has 2 rings (SSSR count). The first-order valence-electron chi connectivity index (χ1n) is 4.91. The number of pyridine rings is 1. The molecule has 0 aliphatic rings. The molecule has 0 bridgehead atoms. The van der Waals surface area contributed by atoms with Gasteiger partial charge in [-0.15, -0.1) is 0 Å². The maximum atomic E-state index is 7.51. The zero-order valence-electron chi connectivity index (χ0n) is 9.23. The number of nitrogen functional groups attached to an aromatic ring is 1. The van der Waals surface area contributed by atoms with Crippen molar-refractivity contribution in [2.75, 3.05) is 0 Å². The molecule has 0 saturated carbocycles. The van der Waals surface area contributed by atoms with Crippen molar-refractivity contribution >= 4 is 5.84 Å². The first-order valence-corrected chi connectivity index (χ1v) is 4.91. The monoisotopic (exact) mass is 215 g/mol. The molecular weight excluding hydrogens is 202 g/mol. The normalized spacial score (nSPS) is 10.4. The van der Waals surface area contributed by atoms with Crippen molar-refractivity contribution in [3.63, 3.8) is 0 Å². The number of amidine groups is 1. The second-order valence-electron chi connectivity index (χ2n) is 3.57. The van der Waals surface area contributed by atoms with Gasteiger partial charge in [0.15, 0.2) is 0 Å². The van der Waals surface area contributed by atoms with E-state index >= 15 is 0 Å². The third-order valence-corrected chi connectivity index (χ3v) is 2.56. The summed E-state index contributed by atoms with van der Waals surface area (Å²) in [5.41, 5.74) is 8.08. The SMILES string of the molecule is Cc1ncn(-c2ncccc2C(=N)N)c1C. The molecule has 0 atom stereocenters. The number of imidazole rings is 1. The van der Waals surface area contributed by atoms with Crippen molar-refractivity contribution in [1.82, 2.24) is 14.5 Å². The number of aromatic nitrogens is 3. The topological polar surface area (TPSA) is 80.6 Å². The van der Waals surface area contributed by atoms with Gasteiger partial charge in [-0.05, 0) is 26.0 Å². The van der Waals surface area contributed by atoms with Crippen LogP contribution in [0.15, 0.2) is 24.7 Å². The largest absolute Gasteiger partial charge is 0.384 e. The molecule has 2 heterocycles. The van der Waals surface area contributed by atoms with Gasteiger partial charge in [0.1, 0.15) is 18.0 Å². The molecule has 5 nitrogen and oxygen atoms in total. The Hall–Kier alpha value is -2.17. The van der Waals surface area contributed by atoms with Gasteiger partial charge in [0, 0.05) is 11.9 Å². The number of aryl methyl sites for hydroxylation is 1. The van der Waals surface area contributed by atoms with E-state index in [-0.39, 0.29) is 5.84 Å². The third kappa shape index (κ3) is 1.56. The highest BCUT2D eigenvalue weighted by Crippen LogP contribution is 2.15. The Morgan fingerprint density at radius 1 is 1.38 bits per heavy atom. The maximum absolute atomic E-state index is 7.51. The summed E-state index contributed by atoms with van der Waals surface area (Å²) in [4.78, 5) is 8.45. The molecule has 2 aromatic rings. The van der Waals surface area contributed by atoms with E-state index in [0.717, 1.165) is 11.4 Å². The van der Waals surface area contributed by atoms with Crippen molar-refractivity contribution in [3.05, 3.63) is 41.6 Å². The Morgan fingerprint density at radius 2 is 2.12 bits per heavy atom. The third-order valence-electron chi connectivity index (χ3n) is 2.56. The first-order chi connectivity index (χ1) is 7.61. The van der Waals surface area contributed by atoms with Crippen molar-refractivity contribution in [2.45, 2.75) is 13.8 Å². The molecule has 0 aliphatic heterocycles. The van der Waals surface area contributed by atoms with Crippen LogP contribution in [0.1, 0.15) is 17.0 Å². The van der Waals surface area contributed by atoms with Gasteiger partial charge < -0.3 is 5.73 Å². The van der Waals surface area contributed by atoms with E-state index in [1.54, 1.807) is 24.7 Å². The van der Waals surface area contributed by atoms with Gasteiger partial charge in [-0.2, -0.15) is 0 Å². The van der Waals surface area contributed by atoms with Crippen LogP contribution in [-0.4, -0.2) is 20.4 Å². The Labute approximate surface area is 93.5 Å². The molecule has 82 valence electrons. The molecule has 16 heavy (non-hydrogen) atoms. The summed E-state index contributed by atoms with van der Waals surface area (Å²) in [5.74, 6) is 0.655. The van der Waals surface area contributed by atoms with Gasteiger partial charge in [0.05, 0.1) is 11.3 Å². The molecule has 0 spiro atoms. The first kappa shape index (κ1) is 10.4. The van der Waals surface area contributed by atoms with Crippen LogP contribution in [0.3, 0.4) is 0 Å². The smallest absolute Gasteiger partial charge is 0.149 e. The van der Waals surface area contributed by atoms with Gasteiger partial charge in [-0.1, -0.05) is 0 Å². The van der Waals surface area contributed by atoms with Gasteiger partial charge in [0.25, 0.3) is 0 Å². The van der Waals surface area contributed by atoms with E-state index in [1.165, 1.54) is 0 Å². The predicted octanol–water partition coefficient (Wildman–Crippen LogP) is 1.17. The minimum absolute atomic E-state index is 0.00820. The molecule has 0 fully saturated rings. The van der Waals surface area contributed by atoms with Crippen LogP contribution < -0.4 is 5.73 Å². The van der Waals surface area contributed by atoms with Gasteiger partial charge in [-0.25, -0.2) is 9.97 Å². The molecule has 5 heteroatoms. The number of nitrogens with zero attached hydrogens (tertiary/aromatic N) is 3. The van der Waals surface area contributed by atoms with Gasteiger partial charge in [-0.3, -0.25) is 9.98 Å². The van der Waals surface area contributed by atoms with Crippen LogP contribution >= 0.6 is 0 Å².